The summed E-state index contributed by atoms with van der Waals surface area (Å²) in [6.07, 6.45) is 1.56. The molecule has 2 heterocycles. The summed E-state index contributed by atoms with van der Waals surface area (Å²) in [4.78, 5) is 24.8. The maximum Gasteiger partial charge on any atom is 0.322 e. The molecule has 0 aromatic carbocycles. The van der Waals surface area contributed by atoms with E-state index in [1.54, 1.807) is 26.4 Å². The van der Waals surface area contributed by atoms with Crippen LogP contribution in [0.25, 0.3) is 5.95 Å². The van der Waals surface area contributed by atoms with Crippen molar-refractivity contribution in [2.45, 2.75) is 0 Å². The predicted molar refractivity (Wildman–Crippen MR) is 66.5 cm³/mol. The van der Waals surface area contributed by atoms with E-state index in [0.29, 0.717) is 0 Å². The van der Waals surface area contributed by atoms with Crippen molar-refractivity contribution in [3.05, 3.63) is 23.2 Å². The zero-order valence-electron chi connectivity index (χ0n) is 10.5. The second-order valence-electron chi connectivity index (χ2n) is 3.74. The maximum atomic E-state index is 11.7. The van der Waals surface area contributed by atoms with Crippen LogP contribution in [0.5, 0.6) is 6.01 Å². The van der Waals surface area contributed by atoms with Crippen LogP contribution in [0.3, 0.4) is 0 Å². The van der Waals surface area contributed by atoms with Gasteiger partial charge in [0.25, 0.3) is 11.9 Å². The van der Waals surface area contributed by atoms with Crippen molar-refractivity contribution in [1.82, 2.24) is 29.6 Å². The van der Waals surface area contributed by atoms with Crippen LogP contribution in [-0.4, -0.2) is 56.7 Å². The Kier molecular flexibility index (Phi) is 3.61. The molecule has 0 unspecified atom stereocenters. The summed E-state index contributed by atoms with van der Waals surface area (Å²) in [5, 5.41) is 4.06. The molecule has 0 fully saturated rings. The van der Waals surface area contributed by atoms with Crippen molar-refractivity contribution in [1.29, 1.82) is 0 Å². The SMILES string of the molecule is COc1nc(Cl)nc(-n2ccc(C(=O)N(C)C)n2)n1. The Morgan fingerprint density at radius 3 is 2.74 bits per heavy atom. The van der Waals surface area contributed by atoms with E-state index >= 15 is 0 Å². The first kappa shape index (κ1) is 13.2. The highest BCUT2D eigenvalue weighted by Crippen LogP contribution is 2.11. The first-order valence-corrected chi connectivity index (χ1v) is 5.62. The molecule has 0 bridgehead atoms. The molecular formula is C10H11ClN6O2. The fourth-order valence-electron chi connectivity index (χ4n) is 1.29. The summed E-state index contributed by atoms with van der Waals surface area (Å²) in [5.74, 6) is -0.0412. The van der Waals surface area contributed by atoms with E-state index in [2.05, 4.69) is 20.1 Å². The van der Waals surface area contributed by atoms with E-state index in [1.807, 2.05) is 0 Å². The van der Waals surface area contributed by atoms with Gasteiger partial charge in [-0.1, -0.05) is 0 Å². The molecule has 0 saturated carbocycles. The second kappa shape index (κ2) is 5.19. The zero-order valence-corrected chi connectivity index (χ0v) is 11.3. The minimum absolute atomic E-state index is 0.0159. The average molecular weight is 283 g/mol. The number of ether oxygens (including phenoxy) is 1. The number of hydrogen-bond acceptors (Lipinski definition) is 6. The van der Waals surface area contributed by atoms with Crippen LogP contribution in [-0.2, 0) is 0 Å². The highest BCUT2D eigenvalue weighted by atomic mass is 35.5. The molecule has 1 amide bonds. The Labute approximate surface area is 114 Å². The Bertz CT molecular complexity index is 612. The fraction of sp³-hybridized carbons (Fsp3) is 0.300. The fourth-order valence-corrected chi connectivity index (χ4v) is 1.44. The Hall–Kier alpha value is -2.22. The smallest absolute Gasteiger partial charge is 0.322 e. The number of nitrogens with zero attached hydrogens (tertiary/aromatic N) is 6. The zero-order chi connectivity index (χ0) is 14.0. The number of rotatable bonds is 3. The van der Waals surface area contributed by atoms with Gasteiger partial charge in [-0.3, -0.25) is 4.79 Å². The minimum atomic E-state index is -0.217. The number of methoxy groups -OCH3 is 1. The highest BCUT2D eigenvalue weighted by Gasteiger charge is 2.14. The third kappa shape index (κ3) is 2.79. The van der Waals surface area contributed by atoms with E-state index in [-0.39, 0.29) is 28.8 Å². The molecule has 2 rings (SSSR count). The molecule has 0 spiro atoms. The highest BCUT2D eigenvalue weighted by molar-refractivity contribution is 6.28. The van der Waals surface area contributed by atoms with Crippen LogP contribution in [0, 0.1) is 0 Å². The molecular weight excluding hydrogens is 272 g/mol. The van der Waals surface area contributed by atoms with Crippen LogP contribution in [0.4, 0.5) is 0 Å². The topological polar surface area (TPSA) is 86.0 Å². The number of aromatic nitrogens is 5. The van der Waals surface area contributed by atoms with Crippen LogP contribution < -0.4 is 4.74 Å². The van der Waals surface area contributed by atoms with Gasteiger partial charge in [-0.05, 0) is 17.7 Å². The summed E-state index contributed by atoms with van der Waals surface area (Å²) >= 11 is 5.74. The van der Waals surface area contributed by atoms with Gasteiger partial charge in [-0.15, -0.1) is 0 Å². The quantitative estimate of drug-likeness (QED) is 0.811. The van der Waals surface area contributed by atoms with Gasteiger partial charge < -0.3 is 9.64 Å². The third-order valence-corrected chi connectivity index (χ3v) is 2.35. The molecule has 0 radical (unpaired) electrons. The van der Waals surface area contributed by atoms with Crippen LogP contribution >= 0.6 is 11.6 Å². The third-order valence-electron chi connectivity index (χ3n) is 2.18. The lowest BCUT2D eigenvalue weighted by molar-refractivity contribution is 0.0821. The number of halogens is 1. The largest absolute Gasteiger partial charge is 0.467 e. The number of carbonyl (C=O) groups excluding carboxylic acids is 1. The maximum absolute atomic E-state index is 11.7. The lowest BCUT2D eigenvalue weighted by atomic mass is 10.4. The lowest BCUT2D eigenvalue weighted by Crippen LogP contribution is -2.22. The summed E-state index contributed by atoms with van der Waals surface area (Å²) in [7, 11) is 4.70. The molecule has 19 heavy (non-hydrogen) atoms. The monoisotopic (exact) mass is 282 g/mol. The second-order valence-corrected chi connectivity index (χ2v) is 4.07. The lowest BCUT2D eigenvalue weighted by Gasteiger charge is -2.06. The summed E-state index contributed by atoms with van der Waals surface area (Å²) in [5.41, 5.74) is 0.278. The van der Waals surface area contributed by atoms with E-state index in [1.165, 1.54) is 16.7 Å². The Balaban J connectivity index is 2.37. The molecule has 2 aromatic heterocycles. The van der Waals surface area contributed by atoms with Crippen molar-refractivity contribution < 1.29 is 9.53 Å². The van der Waals surface area contributed by atoms with Gasteiger partial charge in [0.15, 0.2) is 5.69 Å². The van der Waals surface area contributed by atoms with Crippen molar-refractivity contribution in [3.8, 4) is 12.0 Å². The van der Waals surface area contributed by atoms with Crippen molar-refractivity contribution in [3.63, 3.8) is 0 Å². The molecule has 8 nitrogen and oxygen atoms in total. The van der Waals surface area contributed by atoms with E-state index in [9.17, 15) is 4.79 Å². The van der Waals surface area contributed by atoms with Crippen LogP contribution in [0.15, 0.2) is 12.3 Å². The molecule has 0 N–H and O–H groups in total. The van der Waals surface area contributed by atoms with Gasteiger partial charge in [-0.25, -0.2) is 4.68 Å². The summed E-state index contributed by atoms with van der Waals surface area (Å²) in [6.45, 7) is 0. The van der Waals surface area contributed by atoms with Gasteiger partial charge in [-0.2, -0.15) is 20.1 Å². The van der Waals surface area contributed by atoms with Gasteiger partial charge in [0.1, 0.15) is 0 Å². The van der Waals surface area contributed by atoms with Gasteiger partial charge in [0.05, 0.1) is 7.11 Å². The molecule has 0 aliphatic carbocycles. The van der Waals surface area contributed by atoms with Gasteiger partial charge in [0.2, 0.25) is 5.28 Å². The summed E-state index contributed by atoms with van der Waals surface area (Å²) < 4.78 is 6.21. The number of carbonyl (C=O) groups is 1. The molecule has 0 atom stereocenters. The standard InChI is InChI=1S/C10H11ClN6O2/c1-16(2)7(18)6-4-5-17(15-6)9-12-8(11)13-10(14-9)19-3/h4-5H,1-3H3. The molecule has 0 saturated heterocycles. The minimum Gasteiger partial charge on any atom is -0.467 e. The molecule has 0 aliphatic heterocycles. The Morgan fingerprint density at radius 2 is 2.11 bits per heavy atom. The van der Waals surface area contributed by atoms with Crippen molar-refractivity contribution in [2.24, 2.45) is 0 Å². The van der Waals surface area contributed by atoms with E-state index in [0.717, 1.165) is 0 Å². The predicted octanol–water partition coefficient (Wildman–Crippen LogP) is 0.421. The number of amides is 1. The number of hydrogen-bond donors (Lipinski definition) is 0. The van der Waals surface area contributed by atoms with Crippen LogP contribution in [0.2, 0.25) is 5.28 Å². The van der Waals surface area contributed by atoms with Crippen molar-refractivity contribution in [2.75, 3.05) is 21.2 Å². The summed E-state index contributed by atoms with van der Waals surface area (Å²) in [6, 6.07) is 1.64. The van der Waals surface area contributed by atoms with Gasteiger partial charge >= 0.3 is 6.01 Å². The molecule has 9 heteroatoms. The molecule has 2 aromatic rings. The Morgan fingerprint density at radius 1 is 1.37 bits per heavy atom. The first-order valence-electron chi connectivity index (χ1n) is 5.24. The van der Waals surface area contributed by atoms with E-state index < -0.39 is 0 Å². The average Bonchev–Trinajstić information content (AvgIpc) is 2.86. The van der Waals surface area contributed by atoms with E-state index in [4.69, 9.17) is 16.3 Å². The first-order chi connectivity index (χ1) is 9.01. The normalized spacial score (nSPS) is 10.3. The van der Waals surface area contributed by atoms with Crippen LogP contribution in [0.1, 0.15) is 10.5 Å². The molecule has 0 aliphatic rings. The van der Waals surface area contributed by atoms with Crippen molar-refractivity contribution >= 4 is 17.5 Å². The van der Waals surface area contributed by atoms with Gasteiger partial charge in [0, 0.05) is 20.3 Å². The molecule has 100 valence electrons.